The molecular formula is C18H23N3O2. The number of carbonyl (C=O) groups excluding carboxylic acids is 1. The highest BCUT2D eigenvalue weighted by molar-refractivity contribution is 5.89. The molecule has 0 aromatic heterocycles. The van der Waals surface area contributed by atoms with Crippen molar-refractivity contribution in [3.63, 3.8) is 0 Å². The average Bonchev–Trinajstić information content (AvgIpc) is 2.54. The summed E-state index contributed by atoms with van der Waals surface area (Å²) in [7, 11) is 5.57. The fourth-order valence-corrected chi connectivity index (χ4v) is 2.31. The van der Waals surface area contributed by atoms with Gasteiger partial charge >= 0.3 is 6.03 Å². The summed E-state index contributed by atoms with van der Waals surface area (Å²) in [5.41, 5.74) is 1.76. The van der Waals surface area contributed by atoms with Crippen LogP contribution in [0, 0.1) is 0 Å². The second kappa shape index (κ2) is 8.19. The summed E-state index contributed by atoms with van der Waals surface area (Å²) in [5, 5.41) is 5.86. The third kappa shape index (κ3) is 5.30. The third-order valence-electron chi connectivity index (χ3n) is 3.38. The first kappa shape index (κ1) is 16.8. The molecule has 2 aromatic carbocycles. The maximum Gasteiger partial charge on any atom is 0.319 e. The van der Waals surface area contributed by atoms with Crippen molar-refractivity contribution in [1.29, 1.82) is 0 Å². The van der Waals surface area contributed by atoms with Crippen molar-refractivity contribution in [2.75, 3.05) is 33.1 Å². The predicted octanol–water partition coefficient (Wildman–Crippen LogP) is 3.12. The van der Waals surface area contributed by atoms with Crippen molar-refractivity contribution in [3.8, 4) is 5.75 Å². The molecule has 5 nitrogen and oxygen atoms in total. The number of hydrogen-bond donors (Lipinski definition) is 2. The van der Waals surface area contributed by atoms with E-state index in [2.05, 4.69) is 10.6 Å². The van der Waals surface area contributed by atoms with Gasteiger partial charge in [0.05, 0.1) is 13.2 Å². The molecule has 0 aliphatic carbocycles. The van der Waals surface area contributed by atoms with Gasteiger partial charge in [0.15, 0.2) is 0 Å². The average molecular weight is 313 g/mol. The molecule has 0 spiro atoms. The summed E-state index contributed by atoms with van der Waals surface area (Å²) in [5.74, 6) is 0.704. The lowest BCUT2D eigenvalue weighted by Crippen LogP contribution is -2.37. The van der Waals surface area contributed by atoms with Crippen molar-refractivity contribution < 1.29 is 9.53 Å². The molecule has 0 heterocycles. The monoisotopic (exact) mass is 313 g/mol. The van der Waals surface area contributed by atoms with E-state index in [1.165, 1.54) is 0 Å². The van der Waals surface area contributed by atoms with Crippen LogP contribution >= 0.6 is 0 Å². The minimum absolute atomic E-state index is 0.0863. The van der Waals surface area contributed by atoms with E-state index in [-0.39, 0.29) is 12.1 Å². The Balaban J connectivity index is 2.05. The zero-order valence-electron chi connectivity index (χ0n) is 13.7. The SMILES string of the molecule is COc1cccc(NC(=O)NC(CN(C)C)c2ccccc2)c1. The van der Waals surface area contributed by atoms with E-state index in [1.807, 2.05) is 67.5 Å². The van der Waals surface area contributed by atoms with Gasteiger partial charge in [0.2, 0.25) is 0 Å². The minimum atomic E-state index is -0.242. The van der Waals surface area contributed by atoms with E-state index in [4.69, 9.17) is 4.74 Å². The van der Waals surface area contributed by atoms with Crippen LogP contribution in [0.5, 0.6) is 5.75 Å². The van der Waals surface area contributed by atoms with Gasteiger partial charge in [-0.15, -0.1) is 0 Å². The number of ether oxygens (including phenoxy) is 1. The van der Waals surface area contributed by atoms with Crippen molar-refractivity contribution in [2.24, 2.45) is 0 Å². The molecule has 1 unspecified atom stereocenters. The van der Waals surface area contributed by atoms with Crippen LogP contribution < -0.4 is 15.4 Å². The van der Waals surface area contributed by atoms with Gasteiger partial charge in [-0.2, -0.15) is 0 Å². The van der Waals surface area contributed by atoms with Gasteiger partial charge in [-0.25, -0.2) is 4.79 Å². The molecule has 1 atom stereocenters. The second-order valence-corrected chi connectivity index (χ2v) is 5.56. The van der Waals surface area contributed by atoms with Gasteiger partial charge in [-0.3, -0.25) is 0 Å². The van der Waals surface area contributed by atoms with Crippen LogP contribution in [0.4, 0.5) is 10.5 Å². The third-order valence-corrected chi connectivity index (χ3v) is 3.38. The standard InChI is InChI=1S/C18H23N3O2/c1-21(2)13-17(14-8-5-4-6-9-14)20-18(22)19-15-10-7-11-16(12-15)23-3/h4-12,17H,13H2,1-3H3,(H2,19,20,22). The summed E-state index contributed by atoms with van der Waals surface area (Å²) >= 11 is 0. The van der Waals surface area contributed by atoms with Crippen LogP contribution in [0.1, 0.15) is 11.6 Å². The zero-order valence-corrected chi connectivity index (χ0v) is 13.7. The summed E-state index contributed by atoms with van der Waals surface area (Å²) in [4.78, 5) is 14.3. The largest absolute Gasteiger partial charge is 0.497 e. The van der Waals surface area contributed by atoms with E-state index < -0.39 is 0 Å². The number of carbonyl (C=O) groups is 1. The number of urea groups is 1. The molecule has 23 heavy (non-hydrogen) atoms. The number of amides is 2. The fourth-order valence-electron chi connectivity index (χ4n) is 2.31. The molecule has 0 radical (unpaired) electrons. The van der Waals surface area contributed by atoms with Gasteiger partial charge in [-0.05, 0) is 31.8 Å². The first-order valence-corrected chi connectivity index (χ1v) is 7.49. The van der Waals surface area contributed by atoms with Crippen LogP contribution in [0.3, 0.4) is 0 Å². The number of benzene rings is 2. The summed E-state index contributed by atoms with van der Waals surface area (Å²) in [6.45, 7) is 0.718. The Morgan fingerprint density at radius 1 is 1.13 bits per heavy atom. The number of anilines is 1. The highest BCUT2D eigenvalue weighted by Crippen LogP contribution is 2.17. The van der Waals surface area contributed by atoms with Crippen molar-refractivity contribution in [1.82, 2.24) is 10.2 Å². The van der Waals surface area contributed by atoms with Gasteiger partial charge in [0, 0.05) is 18.3 Å². The van der Waals surface area contributed by atoms with Gasteiger partial charge in [0.25, 0.3) is 0 Å². The highest BCUT2D eigenvalue weighted by Gasteiger charge is 2.15. The Labute approximate surface area is 137 Å². The lowest BCUT2D eigenvalue weighted by Gasteiger charge is -2.23. The van der Waals surface area contributed by atoms with Gasteiger partial charge in [-0.1, -0.05) is 36.4 Å². The molecule has 2 rings (SSSR count). The number of nitrogens with one attached hydrogen (secondary N) is 2. The smallest absolute Gasteiger partial charge is 0.319 e. The molecular weight excluding hydrogens is 290 g/mol. The van der Waals surface area contributed by atoms with Crippen LogP contribution in [0.25, 0.3) is 0 Å². The van der Waals surface area contributed by atoms with Crippen molar-refractivity contribution in [3.05, 3.63) is 60.2 Å². The molecule has 2 amide bonds. The maximum absolute atomic E-state index is 12.3. The number of rotatable bonds is 6. The second-order valence-electron chi connectivity index (χ2n) is 5.56. The van der Waals surface area contributed by atoms with Crippen molar-refractivity contribution in [2.45, 2.75) is 6.04 Å². The number of hydrogen-bond acceptors (Lipinski definition) is 3. The quantitative estimate of drug-likeness (QED) is 0.861. The number of nitrogens with zero attached hydrogens (tertiary/aromatic N) is 1. The molecule has 2 N–H and O–H groups in total. The van der Waals surface area contributed by atoms with Crippen LogP contribution in [0.15, 0.2) is 54.6 Å². The molecule has 5 heteroatoms. The lowest BCUT2D eigenvalue weighted by atomic mass is 10.1. The Morgan fingerprint density at radius 2 is 1.87 bits per heavy atom. The van der Waals surface area contributed by atoms with Gasteiger partial charge in [0.1, 0.15) is 5.75 Å². The zero-order chi connectivity index (χ0) is 16.7. The normalized spacial score (nSPS) is 11.8. The highest BCUT2D eigenvalue weighted by atomic mass is 16.5. The Morgan fingerprint density at radius 3 is 2.52 bits per heavy atom. The minimum Gasteiger partial charge on any atom is -0.497 e. The molecule has 0 fully saturated rings. The van der Waals surface area contributed by atoms with Crippen LogP contribution in [0.2, 0.25) is 0 Å². The first-order valence-electron chi connectivity index (χ1n) is 7.49. The fraction of sp³-hybridized carbons (Fsp3) is 0.278. The molecule has 2 aromatic rings. The predicted molar refractivity (Wildman–Crippen MR) is 92.9 cm³/mol. The molecule has 122 valence electrons. The molecule has 0 saturated carbocycles. The Bertz CT molecular complexity index is 629. The van der Waals surface area contributed by atoms with Crippen molar-refractivity contribution >= 4 is 11.7 Å². The summed E-state index contributed by atoms with van der Waals surface area (Å²) < 4.78 is 5.16. The molecule has 0 aliphatic heterocycles. The number of likely N-dealkylation sites (N-methyl/N-ethyl adjacent to an activating group) is 1. The summed E-state index contributed by atoms with van der Waals surface area (Å²) in [6.07, 6.45) is 0. The van der Waals surface area contributed by atoms with E-state index in [0.29, 0.717) is 11.4 Å². The van der Waals surface area contributed by atoms with E-state index in [0.717, 1.165) is 12.1 Å². The molecule has 0 saturated heterocycles. The first-order chi connectivity index (χ1) is 11.1. The molecule has 0 aliphatic rings. The topological polar surface area (TPSA) is 53.6 Å². The Hall–Kier alpha value is -2.53. The number of methoxy groups -OCH3 is 1. The van der Waals surface area contributed by atoms with E-state index >= 15 is 0 Å². The van der Waals surface area contributed by atoms with E-state index in [9.17, 15) is 4.79 Å². The van der Waals surface area contributed by atoms with Crippen LogP contribution in [-0.2, 0) is 0 Å². The maximum atomic E-state index is 12.3. The summed E-state index contributed by atoms with van der Waals surface area (Å²) in [6, 6.07) is 16.9. The van der Waals surface area contributed by atoms with Crippen LogP contribution in [-0.4, -0.2) is 38.7 Å². The molecule has 0 bridgehead atoms. The van der Waals surface area contributed by atoms with Gasteiger partial charge < -0.3 is 20.3 Å². The van der Waals surface area contributed by atoms with E-state index in [1.54, 1.807) is 13.2 Å². The Kier molecular flexibility index (Phi) is 6.00. The lowest BCUT2D eigenvalue weighted by molar-refractivity contribution is 0.244.